The van der Waals surface area contributed by atoms with Crippen LogP contribution in [-0.2, 0) is 6.54 Å². The number of nitrogens with one attached hydrogen (secondary N) is 2. The van der Waals surface area contributed by atoms with Crippen LogP contribution in [0.5, 0.6) is 5.75 Å². The molecule has 0 fully saturated rings. The Labute approximate surface area is 135 Å². The van der Waals surface area contributed by atoms with Gasteiger partial charge < -0.3 is 15.0 Å². The standard InChI is InChI=1S/C19H20N2O2/c1-3-23-17-7-5-16(6-8-17)20-12-15-11-14-10-13(2)4-9-18(14)21-19(15)22/h4-11,20H,3,12H2,1-2H3,(H,21,22). The molecule has 2 aromatic carbocycles. The number of pyridine rings is 1. The van der Waals surface area contributed by atoms with Gasteiger partial charge in [0.05, 0.1) is 6.61 Å². The van der Waals surface area contributed by atoms with Crippen molar-refractivity contribution < 1.29 is 4.74 Å². The molecule has 0 aliphatic rings. The number of hydrogen-bond acceptors (Lipinski definition) is 3. The average Bonchev–Trinajstić information content (AvgIpc) is 2.55. The Bertz CT molecular complexity index is 867. The van der Waals surface area contributed by atoms with Gasteiger partial charge in [0.15, 0.2) is 0 Å². The first-order valence-electron chi connectivity index (χ1n) is 7.75. The Kier molecular flexibility index (Phi) is 4.33. The monoisotopic (exact) mass is 308 g/mol. The summed E-state index contributed by atoms with van der Waals surface area (Å²) < 4.78 is 5.42. The highest BCUT2D eigenvalue weighted by Gasteiger charge is 2.03. The minimum absolute atomic E-state index is 0.0558. The molecule has 118 valence electrons. The lowest BCUT2D eigenvalue weighted by atomic mass is 10.1. The summed E-state index contributed by atoms with van der Waals surface area (Å²) in [6.45, 7) is 5.13. The summed E-state index contributed by atoms with van der Waals surface area (Å²) in [5.41, 5.74) is 3.66. The summed E-state index contributed by atoms with van der Waals surface area (Å²) in [5, 5.41) is 4.32. The van der Waals surface area contributed by atoms with E-state index in [-0.39, 0.29) is 5.56 Å². The third-order valence-electron chi connectivity index (χ3n) is 3.72. The van der Waals surface area contributed by atoms with Crippen LogP contribution in [0.4, 0.5) is 5.69 Å². The molecule has 0 saturated heterocycles. The van der Waals surface area contributed by atoms with Crippen LogP contribution in [0.25, 0.3) is 10.9 Å². The third kappa shape index (κ3) is 3.54. The highest BCUT2D eigenvalue weighted by Crippen LogP contribution is 2.17. The van der Waals surface area contributed by atoms with Gasteiger partial charge in [-0.15, -0.1) is 0 Å². The molecule has 0 atom stereocenters. The van der Waals surface area contributed by atoms with Crippen LogP contribution in [-0.4, -0.2) is 11.6 Å². The van der Waals surface area contributed by atoms with Crippen molar-refractivity contribution in [2.24, 2.45) is 0 Å². The predicted molar refractivity (Wildman–Crippen MR) is 94.2 cm³/mol. The Hall–Kier alpha value is -2.75. The first-order valence-corrected chi connectivity index (χ1v) is 7.75. The van der Waals surface area contributed by atoms with Crippen molar-refractivity contribution in [2.45, 2.75) is 20.4 Å². The summed E-state index contributed by atoms with van der Waals surface area (Å²) in [5.74, 6) is 0.845. The largest absolute Gasteiger partial charge is 0.494 e. The molecular formula is C19H20N2O2. The molecule has 0 radical (unpaired) electrons. The van der Waals surface area contributed by atoms with E-state index >= 15 is 0 Å². The van der Waals surface area contributed by atoms with Gasteiger partial charge in [-0.1, -0.05) is 11.6 Å². The first kappa shape index (κ1) is 15.2. The lowest BCUT2D eigenvalue weighted by molar-refractivity contribution is 0.340. The van der Waals surface area contributed by atoms with Crippen molar-refractivity contribution in [1.82, 2.24) is 4.98 Å². The third-order valence-corrected chi connectivity index (χ3v) is 3.72. The van der Waals surface area contributed by atoms with Crippen LogP contribution in [0.2, 0.25) is 0 Å². The average molecular weight is 308 g/mol. The number of hydrogen-bond donors (Lipinski definition) is 2. The van der Waals surface area contributed by atoms with Crippen molar-refractivity contribution in [3.63, 3.8) is 0 Å². The van der Waals surface area contributed by atoms with Gasteiger partial charge in [0.25, 0.3) is 5.56 Å². The molecule has 0 unspecified atom stereocenters. The molecule has 0 saturated carbocycles. The predicted octanol–water partition coefficient (Wildman–Crippen LogP) is 3.85. The number of fused-ring (bicyclic) bond motifs is 1. The Morgan fingerprint density at radius 2 is 1.87 bits per heavy atom. The molecule has 4 nitrogen and oxygen atoms in total. The molecule has 3 aromatic rings. The van der Waals surface area contributed by atoms with Gasteiger partial charge in [-0.3, -0.25) is 4.79 Å². The minimum Gasteiger partial charge on any atom is -0.494 e. The van der Waals surface area contributed by atoms with Crippen molar-refractivity contribution in [1.29, 1.82) is 0 Å². The van der Waals surface area contributed by atoms with Crippen molar-refractivity contribution >= 4 is 16.6 Å². The van der Waals surface area contributed by atoms with Gasteiger partial charge in [-0.05, 0) is 61.7 Å². The maximum absolute atomic E-state index is 12.2. The van der Waals surface area contributed by atoms with E-state index < -0.39 is 0 Å². The van der Waals surface area contributed by atoms with Crippen molar-refractivity contribution in [2.75, 3.05) is 11.9 Å². The van der Waals surface area contributed by atoms with Gasteiger partial charge in [-0.25, -0.2) is 0 Å². The Morgan fingerprint density at radius 1 is 1.09 bits per heavy atom. The van der Waals surface area contributed by atoms with E-state index in [1.54, 1.807) is 0 Å². The molecular weight excluding hydrogens is 288 g/mol. The second-order valence-corrected chi connectivity index (χ2v) is 5.53. The normalized spacial score (nSPS) is 10.7. The number of anilines is 1. The van der Waals surface area contributed by atoms with E-state index in [1.807, 2.05) is 56.3 Å². The zero-order valence-corrected chi connectivity index (χ0v) is 13.3. The van der Waals surface area contributed by atoms with Crippen LogP contribution in [0.15, 0.2) is 53.3 Å². The van der Waals surface area contributed by atoms with Gasteiger partial charge in [0.1, 0.15) is 5.75 Å². The van der Waals surface area contributed by atoms with E-state index in [0.29, 0.717) is 13.2 Å². The molecule has 0 aliphatic carbocycles. The highest BCUT2D eigenvalue weighted by molar-refractivity contribution is 5.79. The summed E-state index contributed by atoms with van der Waals surface area (Å²) in [6, 6.07) is 15.7. The molecule has 23 heavy (non-hydrogen) atoms. The molecule has 1 heterocycles. The van der Waals surface area contributed by atoms with Gasteiger partial charge in [0, 0.05) is 23.3 Å². The van der Waals surface area contributed by atoms with E-state index in [1.165, 1.54) is 5.56 Å². The maximum Gasteiger partial charge on any atom is 0.253 e. The smallest absolute Gasteiger partial charge is 0.253 e. The second kappa shape index (κ2) is 6.57. The minimum atomic E-state index is -0.0558. The summed E-state index contributed by atoms with van der Waals surface area (Å²) in [7, 11) is 0. The van der Waals surface area contributed by atoms with E-state index in [9.17, 15) is 4.79 Å². The fourth-order valence-electron chi connectivity index (χ4n) is 2.54. The second-order valence-electron chi connectivity index (χ2n) is 5.53. The number of benzene rings is 2. The molecule has 4 heteroatoms. The van der Waals surface area contributed by atoms with Crippen LogP contribution < -0.4 is 15.6 Å². The number of rotatable bonds is 5. The molecule has 0 spiro atoms. The number of aromatic nitrogens is 1. The lowest BCUT2D eigenvalue weighted by Crippen LogP contribution is -2.15. The molecule has 0 bridgehead atoms. The van der Waals surface area contributed by atoms with E-state index in [4.69, 9.17) is 4.74 Å². The SMILES string of the molecule is CCOc1ccc(NCc2cc3cc(C)ccc3[nH]c2=O)cc1. The topological polar surface area (TPSA) is 54.1 Å². The van der Waals surface area contributed by atoms with Crippen molar-refractivity contribution in [3.8, 4) is 5.75 Å². The summed E-state index contributed by atoms with van der Waals surface area (Å²) >= 11 is 0. The molecule has 2 N–H and O–H groups in total. The van der Waals surface area contributed by atoms with Crippen LogP contribution in [0, 0.1) is 6.92 Å². The van der Waals surface area contributed by atoms with Crippen LogP contribution in [0.1, 0.15) is 18.1 Å². The quantitative estimate of drug-likeness (QED) is 0.753. The summed E-state index contributed by atoms with van der Waals surface area (Å²) in [6.07, 6.45) is 0. The Morgan fingerprint density at radius 3 is 2.61 bits per heavy atom. The molecule has 3 rings (SSSR count). The summed E-state index contributed by atoms with van der Waals surface area (Å²) in [4.78, 5) is 15.1. The molecule has 1 aromatic heterocycles. The number of H-pyrrole nitrogens is 1. The van der Waals surface area contributed by atoms with E-state index in [2.05, 4.69) is 16.4 Å². The van der Waals surface area contributed by atoms with Gasteiger partial charge in [-0.2, -0.15) is 0 Å². The number of aromatic amines is 1. The zero-order chi connectivity index (χ0) is 16.2. The van der Waals surface area contributed by atoms with Crippen molar-refractivity contribution in [3.05, 3.63) is 70.0 Å². The van der Waals surface area contributed by atoms with Gasteiger partial charge >= 0.3 is 0 Å². The van der Waals surface area contributed by atoms with Crippen LogP contribution >= 0.6 is 0 Å². The van der Waals surface area contributed by atoms with Gasteiger partial charge in [0.2, 0.25) is 0 Å². The zero-order valence-electron chi connectivity index (χ0n) is 13.3. The highest BCUT2D eigenvalue weighted by atomic mass is 16.5. The Balaban J connectivity index is 1.78. The number of ether oxygens (including phenoxy) is 1. The molecule has 0 amide bonds. The fourth-order valence-corrected chi connectivity index (χ4v) is 2.54. The maximum atomic E-state index is 12.2. The lowest BCUT2D eigenvalue weighted by Gasteiger charge is -2.09. The van der Waals surface area contributed by atoms with Crippen LogP contribution in [0.3, 0.4) is 0 Å². The molecule has 0 aliphatic heterocycles. The van der Waals surface area contributed by atoms with E-state index in [0.717, 1.165) is 27.9 Å². The first-order chi connectivity index (χ1) is 11.2. The fraction of sp³-hybridized carbons (Fsp3) is 0.211. The number of aryl methyl sites for hydroxylation is 1.